The van der Waals surface area contributed by atoms with Crippen molar-refractivity contribution in [2.75, 3.05) is 26.2 Å². The molecule has 0 aromatic heterocycles. The summed E-state index contributed by atoms with van der Waals surface area (Å²) in [6.45, 7) is 7.80. The van der Waals surface area contributed by atoms with Crippen LogP contribution in [0.2, 0.25) is 0 Å². The number of hydrogen-bond donors (Lipinski definition) is 1. The maximum atomic E-state index is 12.1. The van der Waals surface area contributed by atoms with E-state index in [1.54, 1.807) is 12.1 Å². The van der Waals surface area contributed by atoms with Gasteiger partial charge in [-0.05, 0) is 23.6 Å². The summed E-state index contributed by atoms with van der Waals surface area (Å²) >= 11 is 0. The molecule has 1 aliphatic heterocycles. The Labute approximate surface area is 125 Å². The van der Waals surface area contributed by atoms with Crippen LogP contribution in [0.5, 0.6) is 0 Å². The van der Waals surface area contributed by atoms with Crippen molar-refractivity contribution in [3.8, 4) is 0 Å². The Morgan fingerprint density at radius 2 is 1.90 bits per heavy atom. The summed E-state index contributed by atoms with van der Waals surface area (Å²) in [4.78, 5) is 26.9. The van der Waals surface area contributed by atoms with Crippen LogP contribution in [0.25, 0.3) is 0 Å². The van der Waals surface area contributed by atoms with Gasteiger partial charge in [-0.25, -0.2) is 4.79 Å². The van der Waals surface area contributed by atoms with Crippen LogP contribution >= 0.6 is 0 Å². The number of aromatic carboxylic acids is 1. The average Bonchev–Trinajstić information content (AvgIpc) is 2.42. The Morgan fingerprint density at radius 3 is 2.43 bits per heavy atom. The number of carbonyl (C=O) groups is 2. The molecule has 1 N–H and O–H groups in total. The predicted octanol–water partition coefficient (Wildman–Crippen LogP) is 1.69. The lowest BCUT2D eigenvalue weighted by atomic mass is 10.1. The zero-order chi connectivity index (χ0) is 15.4. The molecule has 1 amide bonds. The molecule has 1 aliphatic rings. The van der Waals surface area contributed by atoms with E-state index in [1.165, 1.54) is 0 Å². The Hall–Kier alpha value is -1.88. The van der Waals surface area contributed by atoms with Crippen LogP contribution in [0.4, 0.5) is 0 Å². The molecule has 0 saturated carbocycles. The summed E-state index contributed by atoms with van der Waals surface area (Å²) in [5.74, 6) is -0.250. The second-order valence-electron chi connectivity index (χ2n) is 5.95. The number of carboxylic acids is 1. The van der Waals surface area contributed by atoms with Crippen LogP contribution in [0, 0.1) is 5.92 Å². The maximum Gasteiger partial charge on any atom is 0.335 e. The minimum Gasteiger partial charge on any atom is -0.478 e. The third-order valence-corrected chi connectivity index (χ3v) is 3.59. The van der Waals surface area contributed by atoms with Gasteiger partial charge >= 0.3 is 5.97 Å². The summed E-state index contributed by atoms with van der Waals surface area (Å²) < 4.78 is 0. The number of benzene rings is 1. The number of amides is 1. The fourth-order valence-corrected chi connectivity index (χ4v) is 2.54. The first-order valence-electron chi connectivity index (χ1n) is 7.28. The van der Waals surface area contributed by atoms with E-state index in [2.05, 4.69) is 18.7 Å². The number of nitrogens with zero attached hydrogens (tertiary/aromatic N) is 2. The molecule has 5 nitrogen and oxygen atoms in total. The highest BCUT2D eigenvalue weighted by molar-refractivity contribution is 5.87. The molecular weight excluding hydrogens is 268 g/mol. The topological polar surface area (TPSA) is 60.9 Å². The minimum absolute atomic E-state index is 0.178. The number of carboxylic acid groups (broad SMARTS) is 1. The van der Waals surface area contributed by atoms with Gasteiger partial charge in [0, 0.05) is 26.2 Å². The summed E-state index contributed by atoms with van der Waals surface area (Å²) in [5, 5.41) is 8.87. The Kier molecular flexibility index (Phi) is 4.96. The fraction of sp³-hybridized carbons (Fsp3) is 0.500. The van der Waals surface area contributed by atoms with Gasteiger partial charge in [-0.1, -0.05) is 26.0 Å². The van der Waals surface area contributed by atoms with E-state index < -0.39 is 5.97 Å². The molecule has 2 rings (SSSR count). The van der Waals surface area contributed by atoms with E-state index in [0.29, 0.717) is 19.0 Å². The molecule has 0 unspecified atom stereocenters. The van der Waals surface area contributed by atoms with Crippen molar-refractivity contribution >= 4 is 11.9 Å². The first kappa shape index (κ1) is 15.5. The fourth-order valence-electron chi connectivity index (χ4n) is 2.54. The molecule has 1 heterocycles. The van der Waals surface area contributed by atoms with Gasteiger partial charge in [0.15, 0.2) is 0 Å². The predicted molar refractivity (Wildman–Crippen MR) is 80.1 cm³/mol. The highest BCUT2D eigenvalue weighted by atomic mass is 16.4. The van der Waals surface area contributed by atoms with Crippen molar-refractivity contribution in [1.82, 2.24) is 9.80 Å². The van der Waals surface area contributed by atoms with Crippen molar-refractivity contribution in [2.24, 2.45) is 5.92 Å². The van der Waals surface area contributed by atoms with E-state index in [4.69, 9.17) is 5.11 Å². The summed E-state index contributed by atoms with van der Waals surface area (Å²) in [7, 11) is 0. The second-order valence-corrected chi connectivity index (χ2v) is 5.95. The van der Waals surface area contributed by atoms with Crippen molar-refractivity contribution in [1.29, 1.82) is 0 Å². The molecule has 1 saturated heterocycles. The van der Waals surface area contributed by atoms with E-state index in [0.717, 1.165) is 25.2 Å². The van der Waals surface area contributed by atoms with Gasteiger partial charge in [0.2, 0.25) is 5.91 Å². The number of rotatable bonds is 5. The van der Waals surface area contributed by atoms with Gasteiger partial charge in [0.05, 0.1) is 12.1 Å². The molecule has 0 radical (unpaired) electrons. The van der Waals surface area contributed by atoms with E-state index in [1.807, 2.05) is 17.0 Å². The third-order valence-electron chi connectivity index (χ3n) is 3.59. The van der Waals surface area contributed by atoms with E-state index in [-0.39, 0.29) is 11.5 Å². The zero-order valence-corrected chi connectivity index (χ0v) is 12.6. The molecule has 5 heteroatoms. The highest BCUT2D eigenvalue weighted by Crippen LogP contribution is 2.12. The molecule has 0 aliphatic carbocycles. The van der Waals surface area contributed by atoms with Crippen molar-refractivity contribution in [3.63, 3.8) is 0 Å². The Bertz CT molecular complexity index is 511. The van der Waals surface area contributed by atoms with Crippen molar-refractivity contribution in [2.45, 2.75) is 20.4 Å². The van der Waals surface area contributed by atoms with E-state index >= 15 is 0 Å². The van der Waals surface area contributed by atoms with Crippen molar-refractivity contribution < 1.29 is 14.7 Å². The molecule has 114 valence electrons. The van der Waals surface area contributed by atoms with Crippen LogP contribution in [0.15, 0.2) is 24.3 Å². The summed E-state index contributed by atoms with van der Waals surface area (Å²) in [6.07, 6.45) is 0. The Balaban J connectivity index is 1.90. The summed E-state index contributed by atoms with van der Waals surface area (Å²) in [6, 6.07) is 6.84. The molecule has 1 aromatic rings. The smallest absolute Gasteiger partial charge is 0.335 e. The zero-order valence-electron chi connectivity index (χ0n) is 12.6. The Morgan fingerprint density at radius 1 is 1.24 bits per heavy atom. The van der Waals surface area contributed by atoms with Gasteiger partial charge in [0.25, 0.3) is 0 Å². The van der Waals surface area contributed by atoms with Crippen LogP contribution in [0.1, 0.15) is 29.8 Å². The lowest BCUT2D eigenvalue weighted by Crippen LogP contribution is -2.50. The van der Waals surface area contributed by atoms with Gasteiger partial charge in [0.1, 0.15) is 0 Å². The van der Waals surface area contributed by atoms with Gasteiger partial charge in [-0.3, -0.25) is 9.69 Å². The largest absolute Gasteiger partial charge is 0.478 e. The standard InChI is InChI=1S/C16H22N2O3/c1-12(2)9-18-8-7-17(11-15(18)19)10-13-3-5-14(6-4-13)16(20)21/h3-6,12H,7-11H2,1-2H3,(H,20,21). The van der Waals surface area contributed by atoms with Gasteiger partial charge in [-0.2, -0.15) is 0 Å². The van der Waals surface area contributed by atoms with Crippen LogP contribution in [-0.2, 0) is 11.3 Å². The van der Waals surface area contributed by atoms with Crippen LogP contribution < -0.4 is 0 Å². The van der Waals surface area contributed by atoms with Gasteiger partial charge in [-0.15, -0.1) is 0 Å². The molecule has 0 spiro atoms. The molecule has 1 fully saturated rings. The SMILES string of the molecule is CC(C)CN1CCN(Cc2ccc(C(=O)O)cc2)CC1=O. The highest BCUT2D eigenvalue weighted by Gasteiger charge is 2.24. The normalized spacial score (nSPS) is 16.5. The quantitative estimate of drug-likeness (QED) is 0.896. The minimum atomic E-state index is -0.918. The average molecular weight is 290 g/mol. The van der Waals surface area contributed by atoms with Crippen LogP contribution in [-0.4, -0.2) is 53.0 Å². The molecule has 21 heavy (non-hydrogen) atoms. The third kappa shape index (κ3) is 4.29. The number of carbonyl (C=O) groups excluding carboxylic acids is 1. The second kappa shape index (κ2) is 6.72. The summed E-state index contributed by atoms with van der Waals surface area (Å²) in [5.41, 5.74) is 1.32. The number of hydrogen-bond acceptors (Lipinski definition) is 3. The van der Waals surface area contributed by atoms with E-state index in [9.17, 15) is 9.59 Å². The lowest BCUT2D eigenvalue weighted by molar-refractivity contribution is -0.136. The van der Waals surface area contributed by atoms with Crippen molar-refractivity contribution in [3.05, 3.63) is 35.4 Å². The number of piperazine rings is 1. The first-order chi connectivity index (χ1) is 9.95. The first-order valence-corrected chi connectivity index (χ1v) is 7.28. The van der Waals surface area contributed by atoms with Crippen LogP contribution in [0.3, 0.4) is 0 Å². The van der Waals surface area contributed by atoms with Gasteiger partial charge < -0.3 is 10.0 Å². The molecule has 0 bridgehead atoms. The lowest BCUT2D eigenvalue weighted by Gasteiger charge is -2.35. The molecule has 1 aromatic carbocycles. The molecular formula is C16H22N2O3. The molecule has 0 atom stereocenters. The maximum absolute atomic E-state index is 12.1. The monoisotopic (exact) mass is 290 g/mol.